The van der Waals surface area contributed by atoms with Gasteiger partial charge in [-0.1, -0.05) is 19.1 Å². The van der Waals surface area contributed by atoms with Gasteiger partial charge < -0.3 is 5.32 Å². The minimum absolute atomic E-state index is 0.00490. The maximum Gasteiger partial charge on any atom is 0.130 e. The van der Waals surface area contributed by atoms with Gasteiger partial charge >= 0.3 is 0 Å². The van der Waals surface area contributed by atoms with Crippen molar-refractivity contribution in [1.29, 1.82) is 0 Å². The summed E-state index contributed by atoms with van der Waals surface area (Å²) in [7, 11) is 0. The first-order chi connectivity index (χ1) is 9.08. The monoisotopic (exact) mass is 259 g/mol. The van der Waals surface area contributed by atoms with Crippen molar-refractivity contribution >= 4 is 5.82 Å². The first-order valence-corrected chi connectivity index (χ1v) is 6.45. The molecule has 0 aliphatic heterocycles. The average molecular weight is 259 g/mol. The van der Waals surface area contributed by atoms with Crippen LogP contribution in [0.3, 0.4) is 0 Å². The summed E-state index contributed by atoms with van der Waals surface area (Å²) < 4.78 is 13.2. The number of benzene rings is 1. The predicted octanol–water partition coefficient (Wildman–Crippen LogP) is 3.66. The van der Waals surface area contributed by atoms with Gasteiger partial charge in [0.2, 0.25) is 0 Å². The zero-order valence-corrected chi connectivity index (χ0v) is 11.4. The molecule has 4 heteroatoms. The molecule has 1 N–H and O–H groups in total. The van der Waals surface area contributed by atoms with E-state index in [0.717, 1.165) is 29.3 Å². The summed E-state index contributed by atoms with van der Waals surface area (Å²) in [6, 6.07) is 8.52. The topological polar surface area (TPSA) is 37.8 Å². The number of aromatic nitrogens is 2. The van der Waals surface area contributed by atoms with Crippen LogP contribution < -0.4 is 5.32 Å². The lowest BCUT2D eigenvalue weighted by Gasteiger charge is -2.15. The Hall–Kier alpha value is -1.97. The van der Waals surface area contributed by atoms with E-state index in [1.165, 1.54) is 12.1 Å². The minimum atomic E-state index is -0.223. The molecule has 1 unspecified atom stereocenters. The molecular formula is C15H18FN3. The second-order valence-corrected chi connectivity index (χ2v) is 4.57. The van der Waals surface area contributed by atoms with E-state index in [0.29, 0.717) is 0 Å². The Bertz CT molecular complexity index is 569. The van der Waals surface area contributed by atoms with Gasteiger partial charge in [0.1, 0.15) is 17.5 Å². The van der Waals surface area contributed by atoms with E-state index >= 15 is 0 Å². The fourth-order valence-corrected chi connectivity index (χ4v) is 1.97. The Labute approximate surface area is 112 Å². The third-order valence-corrected chi connectivity index (χ3v) is 2.97. The highest BCUT2D eigenvalue weighted by Gasteiger charge is 2.08. The largest absolute Gasteiger partial charge is 0.363 e. The van der Waals surface area contributed by atoms with Crippen molar-refractivity contribution in [3.05, 3.63) is 53.2 Å². The number of aryl methyl sites for hydroxylation is 2. The molecule has 0 aliphatic carbocycles. The van der Waals surface area contributed by atoms with Crippen LogP contribution in [-0.2, 0) is 6.42 Å². The second-order valence-electron chi connectivity index (χ2n) is 4.57. The molecule has 0 radical (unpaired) electrons. The van der Waals surface area contributed by atoms with Crippen LogP contribution in [0.25, 0.3) is 0 Å². The summed E-state index contributed by atoms with van der Waals surface area (Å²) in [5.74, 6) is 1.30. The van der Waals surface area contributed by atoms with E-state index in [1.54, 1.807) is 6.07 Å². The van der Waals surface area contributed by atoms with Crippen LogP contribution in [0.15, 0.2) is 30.3 Å². The van der Waals surface area contributed by atoms with Gasteiger partial charge in [0, 0.05) is 11.8 Å². The fourth-order valence-electron chi connectivity index (χ4n) is 1.97. The lowest BCUT2D eigenvalue weighted by molar-refractivity contribution is 0.623. The summed E-state index contributed by atoms with van der Waals surface area (Å²) in [5.41, 5.74) is 1.90. The molecule has 0 bridgehead atoms. The number of nitrogens with one attached hydrogen (secondary N) is 1. The molecule has 19 heavy (non-hydrogen) atoms. The highest BCUT2D eigenvalue weighted by atomic mass is 19.1. The second kappa shape index (κ2) is 5.78. The van der Waals surface area contributed by atoms with Crippen molar-refractivity contribution in [2.24, 2.45) is 0 Å². The zero-order valence-electron chi connectivity index (χ0n) is 11.4. The third-order valence-electron chi connectivity index (χ3n) is 2.97. The molecular weight excluding hydrogens is 241 g/mol. The summed E-state index contributed by atoms with van der Waals surface area (Å²) in [6.45, 7) is 5.91. The van der Waals surface area contributed by atoms with Crippen molar-refractivity contribution < 1.29 is 4.39 Å². The molecule has 1 atom stereocenters. The van der Waals surface area contributed by atoms with Crippen molar-refractivity contribution in [1.82, 2.24) is 9.97 Å². The Morgan fingerprint density at radius 2 is 2.05 bits per heavy atom. The van der Waals surface area contributed by atoms with Gasteiger partial charge in [-0.2, -0.15) is 0 Å². The summed E-state index contributed by atoms with van der Waals surface area (Å²) >= 11 is 0. The Balaban J connectivity index is 2.18. The molecule has 0 saturated heterocycles. The van der Waals surface area contributed by atoms with E-state index in [2.05, 4.69) is 22.2 Å². The van der Waals surface area contributed by atoms with Gasteiger partial charge in [0.25, 0.3) is 0 Å². The Morgan fingerprint density at radius 3 is 2.74 bits per heavy atom. The highest BCUT2D eigenvalue weighted by molar-refractivity contribution is 5.39. The molecule has 0 fully saturated rings. The lowest BCUT2D eigenvalue weighted by atomic mass is 10.1. The number of hydrogen-bond acceptors (Lipinski definition) is 3. The van der Waals surface area contributed by atoms with Gasteiger partial charge in [0.05, 0.1) is 6.04 Å². The number of hydrogen-bond donors (Lipinski definition) is 1. The normalized spacial score (nSPS) is 12.2. The molecule has 0 saturated carbocycles. The quantitative estimate of drug-likeness (QED) is 0.910. The molecule has 0 spiro atoms. The van der Waals surface area contributed by atoms with Crippen molar-refractivity contribution in [3.63, 3.8) is 0 Å². The van der Waals surface area contributed by atoms with E-state index in [9.17, 15) is 4.39 Å². The average Bonchev–Trinajstić information content (AvgIpc) is 2.38. The van der Waals surface area contributed by atoms with E-state index in [1.807, 2.05) is 26.0 Å². The number of halogens is 1. The van der Waals surface area contributed by atoms with Gasteiger partial charge in [-0.15, -0.1) is 0 Å². The first-order valence-electron chi connectivity index (χ1n) is 6.45. The smallest absolute Gasteiger partial charge is 0.130 e. The SMILES string of the molecule is CCc1cc(NC(C)c2cccc(F)c2)nc(C)n1. The van der Waals surface area contributed by atoms with Crippen LogP contribution in [0.4, 0.5) is 10.2 Å². The molecule has 1 heterocycles. The van der Waals surface area contributed by atoms with Crippen LogP contribution in [0, 0.1) is 12.7 Å². The molecule has 100 valence electrons. The molecule has 2 rings (SSSR count). The van der Waals surface area contributed by atoms with Crippen LogP contribution in [-0.4, -0.2) is 9.97 Å². The standard InChI is InChI=1S/C15H18FN3/c1-4-14-9-15(19-11(3)18-14)17-10(2)12-6-5-7-13(16)8-12/h5-10H,4H2,1-3H3,(H,17,18,19). The number of anilines is 1. The summed E-state index contributed by atoms with van der Waals surface area (Å²) in [4.78, 5) is 8.69. The zero-order chi connectivity index (χ0) is 13.8. The van der Waals surface area contributed by atoms with Gasteiger partial charge in [0.15, 0.2) is 0 Å². The first kappa shape index (κ1) is 13.5. The number of nitrogens with zero attached hydrogens (tertiary/aromatic N) is 2. The van der Waals surface area contributed by atoms with E-state index in [4.69, 9.17) is 0 Å². The molecule has 1 aromatic carbocycles. The van der Waals surface area contributed by atoms with Gasteiger partial charge in [-0.3, -0.25) is 0 Å². The minimum Gasteiger partial charge on any atom is -0.363 e. The predicted molar refractivity (Wildman–Crippen MR) is 74.6 cm³/mol. The third kappa shape index (κ3) is 3.50. The van der Waals surface area contributed by atoms with Crippen molar-refractivity contribution in [2.45, 2.75) is 33.2 Å². The maximum absolute atomic E-state index is 13.2. The van der Waals surface area contributed by atoms with Crippen molar-refractivity contribution in [3.8, 4) is 0 Å². The maximum atomic E-state index is 13.2. The highest BCUT2D eigenvalue weighted by Crippen LogP contribution is 2.19. The molecule has 0 amide bonds. The van der Waals surface area contributed by atoms with Crippen LogP contribution in [0.5, 0.6) is 0 Å². The van der Waals surface area contributed by atoms with Gasteiger partial charge in [-0.25, -0.2) is 14.4 Å². The van der Waals surface area contributed by atoms with Crippen LogP contribution >= 0.6 is 0 Å². The Morgan fingerprint density at radius 1 is 1.26 bits per heavy atom. The van der Waals surface area contributed by atoms with Crippen molar-refractivity contribution in [2.75, 3.05) is 5.32 Å². The van der Waals surface area contributed by atoms with E-state index < -0.39 is 0 Å². The number of rotatable bonds is 4. The lowest BCUT2D eigenvalue weighted by Crippen LogP contribution is -2.10. The molecule has 2 aromatic rings. The summed E-state index contributed by atoms with van der Waals surface area (Å²) in [6.07, 6.45) is 0.867. The fraction of sp³-hybridized carbons (Fsp3) is 0.333. The summed E-state index contributed by atoms with van der Waals surface area (Å²) in [5, 5.41) is 3.28. The molecule has 0 aliphatic rings. The van der Waals surface area contributed by atoms with Crippen LogP contribution in [0.2, 0.25) is 0 Å². The Kier molecular flexibility index (Phi) is 4.10. The molecule has 1 aromatic heterocycles. The van der Waals surface area contributed by atoms with E-state index in [-0.39, 0.29) is 11.9 Å². The van der Waals surface area contributed by atoms with Gasteiger partial charge in [-0.05, 0) is 38.0 Å². The molecule has 3 nitrogen and oxygen atoms in total. The van der Waals surface area contributed by atoms with Crippen LogP contribution in [0.1, 0.15) is 37.0 Å².